The summed E-state index contributed by atoms with van der Waals surface area (Å²) in [7, 11) is 0. The van der Waals surface area contributed by atoms with E-state index in [0.29, 0.717) is 5.56 Å². The number of urea groups is 1. The highest BCUT2D eigenvalue weighted by molar-refractivity contribution is 6.34. The van der Waals surface area contributed by atoms with Crippen molar-refractivity contribution < 1.29 is 18.8 Å². The Hall–Kier alpha value is -2.73. The van der Waals surface area contributed by atoms with Crippen LogP contribution in [0.1, 0.15) is 29.3 Å². The van der Waals surface area contributed by atoms with Gasteiger partial charge in [0.25, 0.3) is 5.91 Å². The topological polar surface area (TPSA) is 66.5 Å². The predicted molar refractivity (Wildman–Crippen MR) is 94.4 cm³/mol. The van der Waals surface area contributed by atoms with E-state index in [0.717, 1.165) is 4.90 Å². The number of rotatable bonds is 5. The van der Waals surface area contributed by atoms with Gasteiger partial charge < -0.3 is 5.32 Å². The Labute approximate surface area is 154 Å². The first kappa shape index (κ1) is 18.1. The van der Waals surface area contributed by atoms with Crippen LogP contribution in [0.5, 0.6) is 0 Å². The van der Waals surface area contributed by atoms with Crippen LogP contribution < -0.4 is 5.32 Å². The number of halogens is 2. The van der Waals surface area contributed by atoms with Crippen molar-refractivity contribution in [3.8, 4) is 0 Å². The highest BCUT2D eigenvalue weighted by Crippen LogP contribution is 2.32. The van der Waals surface area contributed by atoms with Crippen LogP contribution in [0.4, 0.5) is 9.18 Å². The number of hydrogen-bond donors (Lipinski definition) is 1. The molecule has 3 rings (SSSR count). The lowest BCUT2D eigenvalue weighted by Gasteiger charge is -2.25. The van der Waals surface area contributed by atoms with Gasteiger partial charge in [-0.1, -0.05) is 42.8 Å². The van der Waals surface area contributed by atoms with Gasteiger partial charge in [-0.25, -0.2) is 9.18 Å². The van der Waals surface area contributed by atoms with Crippen LogP contribution in [0.2, 0.25) is 5.02 Å². The summed E-state index contributed by atoms with van der Waals surface area (Å²) in [6, 6.07) is 11.1. The van der Waals surface area contributed by atoms with Crippen molar-refractivity contribution >= 4 is 29.3 Å². The Kier molecular flexibility index (Phi) is 4.78. The van der Waals surface area contributed by atoms with Gasteiger partial charge in [0, 0.05) is 5.56 Å². The first-order chi connectivity index (χ1) is 12.4. The van der Waals surface area contributed by atoms with E-state index in [9.17, 15) is 18.8 Å². The number of amides is 3. The molecule has 0 bridgehead atoms. The zero-order valence-electron chi connectivity index (χ0n) is 14.0. The first-order valence-electron chi connectivity index (χ1n) is 8.07. The van der Waals surface area contributed by atoms with E-state index in [4.69, 9.17) is 11.6 Å². The Morgan fingerprint density at radius 1 is 1.15 bits per heavy atom. The summed E-state index contributed by atoms with van der Waals surface area (Å²) in [5, 5.41) is 2.91. The SMILES string of the molecule is CC[C@]1(c2ccc(F)cc2)NC(=O)N(CC(=O)c2ccccc2Cl)C1=O. The molecule has 0 saturated carbocycles. The molecule has 1 fully saturated rings. The van der Waals surface area contributed by atoms with Gasteiger partial charge in [0.1, 0.15) is 11.4 Å². The minimum Gasteiger partial charge on any atom is -0.319 e. The lowest BCUT2D eigenvalue weighted by Crippen LogP contribution is -2.43. The Morgan fingerprint density at radius 3 is 2.42 bits per heavy atom. The minimum atomic E-state index is -1.31. The molecule has 0 unspecified atom stereocenters. The maximum atomic E-state index is 13.2. The fraction of sp³-hybridized carbons (Fsp3) is 0.211. The molecule has 134 valence electrons. The molecule has 1 atom stereocenters. The summed E-state index contributed by atoms with van der Waals surface area (Å²) in [6.07, 6.45) is 0.264. The number of imide groups is 1. The van der Waals surface area contributed by atoms with Gasteiger partial charge in [0.05, 0.1) is 11.6 Å². The molecule has 0 radical (unpaired) electrons. The number of hydrogen-bond acceptors (Lipinski definition) is 3. The molecule has 5 nitrogen and oxygen atoms in total. The maximum absolute atomic E-state index is 13.2. The number of nitrogens with zero attached hydrogens (tertiary/aromatic N) is 1. The van der Waals surface area contributed by atoms with Crippen LogP contribution in [-0.4, -0.2) is 29.2 Å². The van der Waals surface area contributed by atoms with Gasteiger partial charge in [-0.05, 0) is 36.2 Å². The average molecular weight is 375 g/mol. The molecule has 1 heterocycles. The van der Waals surface area contributed by atoms with Gasteiger partial charge >= 0.3 is 6.03 Å². The molecule has 1 saturated heterocycles. The Morgan fingerprint density at radius 2 is 1.81 bits per heavy atom. The molecule has 7 heteroatoms. The Balaban J connectivity index is 1.90. The molecule has 0 aromatic heterocycles. The maximum Gasteiger partial charge on any atom is 0.325 e. The third kappa shape index (κ3) is 2.97. The van der Waals surface area contributed by atoms with Crippen molar-refractivity contribution in [2.24, 2.45) is 0 Å². The van der Waals surface area contributed by atoms with Crippen molar-refractivity contribution in [3.63, 3.8) is 0 Å². The second kappa shape index (κ2) is 6.88. The molecule has 1 N–H and O–H groups in total. The lowest BCUT2D eigenvalue weighted by atomic mass is 9.87. The van der Waals surface area contributed by atoms with Crippen molar-refractivity contribution in [2.75, 3.05) is 6.54 Å². The number of carbonyl (C=O) groups excluding carboxylic acids is 3. The van der Waals surface area contributed by atoms with Gasteiger partial charge in [0.2, 0.25) is 0 Å². The van der Waals surface area contributed by atoms with Crippen LogP contribution in [0.3, 0.4) is 0 Å². The van der Waals surface area contributed by atoms with E-state index in [2.05, 4.69) is 5.32 Å². The van der Waals surface area contributed by atoms with E-state index in [-0.39, 0.29) is 17.0 Å². The van der Waals surface area contributed by atoms with Crippen LogP contribution in [0.25, 0.3) is 0 Å². The summed E-state index contributed by atoms with van der Waals surface area (Å²) in [5.41, 5.74) is -0.607. The fourth-order valence-corrected chi connectivity index (χ4v) is 3.30. The average Bonchev–Trinajstić information content (AvgIpc) is 2.87. The number of Topliss-reactive ketones (excluding diaryl/α,β-unsaturated/α-hetero) is 1. The van der Waals surface area contributed by atoms with E-state index in [1.807, 2.05) is 0 Å². The highest BCUT2D eigenvalue weighted by Gasteiger charge is 2.51. The van der Waals surface area contributed by atoms with Gasteiger partial charge in [-0.15, -0.1) is 0 Å². The largest absolute Gasteiger partial charge is 0.325 e. The van der Waals surface area contributed by atoms with E-state index in [1.165, 1.54) is 30.3 Å². The number of ketones is 1. The van der Waals surface area contributed by atoms with Crippen molar-refractivity contribution in [1.82, 2.24) is 10.2 Å². The molecule has 1 aliphatic rings. The predicted octanol–water partition coefficient (Wildman–Crippen LogP) is 3.52. The standard InChI is InChI=1S/C19H16ClFN2O3/c1-2-19(12-7-9-13(21)10-8-12)17(25)23(18(26)22-19)11-16(24)14-5-3-4-6-15(14)20/h3-10H,2,11H2,1H3,(H,22,26)/t19-/m1/s1. The van der Waals surface area contributed by atoms with Crippen LogP contribution in [-0.2, 0) is 10.3 Å². The second-order valence-electron chi connectivity index (χ2n) is 5.99. The zero-order chi connectivity index (χ0) is 18.9. The van der Waals surface area contributed by atoms with Crippen molar-refractivity contribution in [3.05, 3.63) is 70.5 Å². The highest BCUT2D eigenvalue weighted by atomic mass is 35.5. The second-order valence-corrected chi connectivity index (χ2v) is 6.40. The van der Waals surface area contributed by atoms with Gasteiger partial charge in [0.15, 0.2) is 5.78 Å². The molecule has 0 aliphatic carbocycles. The van der Waals surface area contributed by atoms with E-state index >= 15 is 0 Å². The molecule has 0 spiro atoms. The van der Waals surface area contributed by atoms with E-state index in [1.54, 1.807) is 25.1 Å². The molecule has 26 heavy (non-hydrogen) atoms. The molecule has 3 amide bonds. The first-order valence-corrected chi connectivity index (χ1v) is 8.44. The van der Waals surface area contributed by atoms with Gasteiger partial charge in [-0.3, -0.25) is 14.5 Å². The lowest BCUT2D eigenvalue weighted by molar-refractivity contribution is -0.131. The Bertz CT molecular complexity index is 885. The summed E-state index contributed by atoms with van der Waals surface area (Å²) in [5.74, 6) is -1.43. The summed E-state index contributed by atoms with van der Waals surface area (Å²) in [4.78, 5) is 38.7. The normalized spacial score (nSPS) is 19.6. The monoisotopic (exact) mass is 374 g/mol. The summed E-state index contributed by atoms with van der Waals surface area (Å²) < 4.78 is 13.2. The van der Waals surface area contributed by atoms with Crippen molar-refractivity contribution in [2.45, 2.75) is 18.9 Å². The third-order valence-electron chi connectivity index (χ3n) is 4.52. The molecular formula is C19H16ClFN2O3. The number of carbonyl (C=O) groups is 3. The minimum absolute atomic E-state index is 0.241. The molecular weight excluding hydrogens is 359 g/mol. The quantitative estimate of drug-likeness (QED) is 0.643. The molecule has 1 aliphatic heterocycles. The van der Waals surface area contributed by atoms with Gasteiger partial charge in [-0.2, -0.15) is 0 Å². The van der Waals surface area contributed by atoms with E-state index < -0.39 is 35.6 Å². The summed E-state index contributed by atoms with van der Waals surface area (Å²) in [6.45, 7) is 1.32. The summed E-state index contributed by atoms with van der Waals surface area (Å²) >= 11 is 6.01. The number of benzene rings is 2. The van der Waals surface area contributed by atoms with Crippen LogP contribution in [0.15, 0.2) is 48.5 Å². The third-order valence-corrected chi connectivity index (χ3v) is 4.85. The molecule has 2 aromatic carbocycles. The fourth-order valence-electron chi connectivity index (χ4n) is 3.06. The smallest absolute Gasteiger partial charge is 0.319 e. The van der Waals surface area contributed by atoms with Crippen LogP contribution >= 0.6 is 11.6 Å². The van der Waals surface area contributed by atoms with Crippen molar-refractivity contribution in [1.29, 1.82) is 0 Å². The van der Waals surface area contributed by atoms with Crippen LogP contribution in [0, 0.1) is 5.82 Å². The number of nitrogens with one attached hydrogen (secondary N) is 1. The zero-order valence-corrected chi connectivity index (χ0v) is 14.7. The molecule has 2 aromatic rings.